The van der Waals surface area contributed by atoms with Gasteiger partial charge in [0.1, 0.15) is 12.6 Å². The maximum Gasteiger partial charge on any atom is 0.164 e. The van der Waals surface area contributed by atoms with Crippen molar-refractivity contribution >= 4 is 14.6 Å². The van der Waals surface area contributed by atoms with Crippen molar-refractivity contribution in [1.82, 2.24) is 0 Å². The minimum Gasteiger partial charge on any atom is -0.546 e. The third-order valence-corrected chi connectivity index (χ3v) is 9.46. The van der Waals surface area contributed by atoms with Crippen molar-refractivity contribution < 1.29 is 13.8 Å². The van der Waals surface area contributed by atoms with Crippen LogP contribution in [-0.2, 0) is 9.32 Å². The van der Waals surface area contributed by atoms with E-state index in [4.69, 9.17) is 4.52 Å². The number of Topliss-reactive ketones (excluding diaryl/α,β-unsaturated/α-hetero) is 1. The second-order valence-electron chi connectivity index (χ2n) is 14.3. The van der Waals surface area contributed by atoms with Crippen LogP contribution in [0.3, 0.4) is 0 Å². The number of carbonyl (C=O) groups excluding carboxylic acids is 1. The lowest BCUT2D eigenvalue weighted by Crippen LogP contribution is -2.44. The first-order valence-corrected chi connectivity index (χ1v) is 20.2. The van der Waals surface area contributed by atoms with Crippen LogP contribution in [0.1, 0.15) is 194 Å². The summed E-state index contributed by atoms with van der Waals surface area (Å²) in [5.41, 5.74) is 0. The third-order valence-electron chi connectivity index (χ3n) is 8.56. The predicted molar refractivity (Wildman–Crippen MR) is 194 cm³/mol. The Morgan fingerprint density at radius 2 is 0.930 bits per heavy atom. The summed E-state index contributed by atoms with van der Waals surface area (Å²) >= 11 is 0. The molecule has 43 heavy (non-hydrogen) atoms. The van der Waals surface area contributed by atoms with E-state index < -0.39 is 0 Å². The third kappa shape index (κ3) is 34.5. The van der Waals surface area contributed by atoms with Crippen LogP contribution >= 0.6 is 8.81 Å². The summed E-state index contributed by atoms with van der Waals surface area (Å²) in [5, 5.41) is 0. The minimum absolute atomic E-state index is 0.242. The fourth-order valence-corrected chi connectivity index (χ4v) is 6.56. The molecular weight excluding hydrogens is 545 g/mol. The van der Waals surface area contributed by atoms with Crippen LogP contribution in [0.15, 0.2) is 12.2 Å². The Balaban J connectivity index is 3.75. The molecule has 0 saturated heterocycles. The Kier molecular flexibility index (Phi) is 32.9. The zero-order valence-corrected chi connectivity index (χ0v) is 31.1. The molecule has 0 spiro atoms. The van der Waals surface area contributed by atoms with Crippen LogP contribution in [0.2, 0.25) is 0 Å². The Labute approximate surface area is 273 Å². The van der Waals surface area contributed by atoms with Gasteiger partial charge in [0, 0.05) is 6.42 Å². The Bertz CT molecular complexity index is 601. The number of allylic oxidation sites excluding steroid dienone is 2. The Morgan fingerprint density at radius 3 is 1.35 bits per heavy atom. The highest BCUT2D eigenvalue weighted by molar-refractivity contribution is 7.32. The maximum atomic E-state index is 13.0. The normalized spacial score (nSPS) is 13.1. The zero-order chi connectivity index (χ0) is 31.7. The molecule has 0 fully saturated rings. The molecule has 1 atom stereocenters. The number of carbonyl (C=O) groups is 1. The van der Waals surface area contributed by atoms with E-state index in [0.29, 0.717) is 12.2 Å². The number of nitrogens with zero attached hydrogens (tertiary/aromatic N) is 1. The van der Waals surface area contributed by atoms with Gasteiger partial charge in [-0.15, -0.1) is 0 Å². The van der Waals surface area contributed by atoms with E-state index in [-0.39, 0.29) is 6.10 Å². The Hall–Kier alpha value is -0.240. The number of hydrogen-bond donors (Lipinski definition) is 0. The summed E-state index contributed by atoms with van der Waals surface area (Å²) in [6.45, 7) is 5.35. The fraction of sp³-hybridized carbons (Fsp3) is 0.923. The van der Waals surface area contributed by atoms with Gasteiger partial charge in [-0.3, -0.25) is 4.79 Å². The predicted octanol–water partition coefficient (Wildman–Crippen LogP) is 13.0. The first-order chi connectivity index (χ1) is 20.9. The van der Waals surface area contributed by atoms with Crippen molar-refractivity contribution in [3.63, 3.8) is 0 Å². The number of unbranched alkanes of at least 4 members (excludes halogenated alkanes) is 24. The lowest BCUT2D eigenvalue weighted by Gasteiger charge is -2.33. The average Bonchev–Trinajstić information content (AvgIpc) is 2.97. The maximum absolute atomic E-state index is 13.0. The lowest BCUT2D eigenvalue weighted by molar-refractivity contribution is -0.872. The molecule has 0 bridgehead atoms. The molecule has 256 valence electrons. The number of hydrogen-bond acceptors (Lipinski definition) is 2. The van der Waals surface area contributed by atoms with E-state index in [1.54, 1.807) is 0 Å². The highest BCUT2D eigenvalue weighted by atomic mass is 31.1. The van der Waals surface area contributed by atoms with Crippen LogP contribution in [0.5, 0.6) is 0 Å². The van der Waals surface area contributed by atoms with E-state index in [9.17, 15) is 4.79 Å². The van der Waals surface area contributed by atoms with Gasteiger partial charge in [-0.2, -0.15) is 6.16 Å². The average molecular weight is 624 g/mol. The molecule has 0 aliphatic carbocycles. The zero-order valence-electron chi connectivity index (χ0n) is 30.2. The highest BCUT2D eigenvalue weighted by Crippen LogP contribution is 2.22. The summed E-state index contributed by atoms with van der Waals surface area (Å²) in [5.74, 6) is 0.324. The van der Waals surface area contributed by atoms with Crippen molar-refractivity contribution in [2.45, 2.75) is 200 Å². The van der Waals surface area contributed by atoms with Gasteiger partial charge in [-0.1, -0.05) is 167 Å². The van der Waals surface area contributed by atoms with Gasteiger partial charge >= 0.3 is 0 Å². The summed E-state index contributed by atoms with van der Waals surface area (Å²) in [4.78, 5) is 13.0. The van der Waals surface area contributed by atoms with Gasteiger partial charge in [-0.05, 0) is 32.1 Å². The van der Waals surface area contributed by atoms with Gasteiger partial charge in [0.25, 0.3) is 0 Å². The van der Waals surface area contributed by atoms with E-state index >= 15 is 0 Å². The minimum atomic E-state index is -0.242. The molecule has 0 aliphatic heterocycles. The smallest absolute Gasteiger partial charge is 0.164 e. The van der Waals surface area contributed by atoms with Gasteiger partial charge in [-0.25, -0.2) is 0 Å². The molecule has 0 aromatic carbocycles. The van der Waals surface area contributed by atoms with Crippen LogP contribution in [0, 0.1) is 0 Å². The van der Waals surface area contributed by atoms with Crippen molar-refractivity contribution in [2.24, 2.45) is 0 Å². The van der Waals surface area contributed by atoms with Gasteiger partial charge in [0.05, 0.1) is 21.1 Å². The summed E-state index contributed by atoms with van der Waals surface area (Å²) in [7, 11) is 7.49. The quantitative estimate of drug-likeness (QED) is 0.0304. The van der Waals surface area contributed by atoms with Crippen LogP contribution in [0.25, 0.3) is 0 Å². The van der Waals surface area contributed by atoms with E-state index in [1.807, 2.05) is 0 Å². The molecule has 0 rings (SSSR count). The molecule has 0 N–H and O–H groups in total. The number of likely N-dealkylation sites (N-methyl/N-ethyl adjacent to an activating group) is 1. The van der Waals surface area contributed by atoms with Crippen LogP contribution < -0.4 is 0 Å². The SMILES string of the molecule is CCCCCCCCC=CCCCCCCCC[P-]OC(C[N+](C)(C)C)C(=O)CCCCCCCCCCCCCCC. The monoisotopic (exact) mass is 624 g/mol. The van der Waals surface area contributed by atoms with Gasteiger partial charge < -0.3 is 17.8 Å². The Morgan fingerprint density at radius 1 is 0.558 bits per heavy atom. The number of quaternary nitrogens is 1. The van der Waals surface area contributed by atoms with Crippen molar-refractivity contribution in [2.75, 3.05) is 33.8 Å². The molecule has 3 nitrogen and oxygen atoms in total. The summed E-state index contributed by atoms with van der Waals surface area (Å²) in [6.07, 6.45) is 42.5. The number of ketones is 1. The molecule has 4 heteroatoms. The first kappa shape index (κ1) is 42.8. The van der Waals surface area contributed by atoms with Crippen molar-refractivity contribution in [3.8, 4) is 0 Å². The second kappa shape index (κ2) is 33.1. The second-order valence-corrected chi connectivity index (χ2v) is 15.2. The summed E-state index contributed by atoms with van der Waals surface area (Å²) in [6, 6.07) is 0. The molecule has 0 amide bonds. The summed E-state index contributed by atoms with van der Waals surface area (Å²) < 4.78 is 6.94. The standard InChI is InChI=1S/C39H78NO2P/c1-6-8-10-12-14-16-18-20-21-22-24-26-28-30-32-34-36-43-42-39(37-40(3,4)5)38(41)35-33-31-29-27-25-23-19-17-15-13-11-9-7-2/h20-21,39H,6-19,22-37H2,1-5H3. The first-order valence-electron chi connectivity index (χ1n) is 19.2. The van der Waals surface area contributed by atoms with Gasteiger partial charge in [0.2, 0.25) is 0 Å². The van der Waals surface area contributed by atoms with Crippen molar-refractivity contribution in [3.05, 3.63) is 12.2 Å². The molecule has 0 heterocycles. The van der Waals surface area contributed by atoms with E-state index in [2.05, 4.69) is 47.1 Å². The lowest BCUT2D eigenvalue weighted by atomic mass is 10.0. The van der Waals surface area contributed by atoms with Crippen molar-refractivity contribution in [1.29, 1.82) is 0 Å². The van der Waals surface area contributed by atoms with Gasteiger partial charge in [0.15, 0.2) is 5.78 Å². The largest absolute Gasteiger partial charge is 0.546 e. The number of rotatable bonds is 35. The highest BCUT2D eigenvalue weighted by Gasteiger charge is 2.22. The molecule has 0 aromatic rings. The van der Waals surface area contributed by atoms with E-state index in [0.717, 1.165) is 32.4 Å². The molecule has 0 aliphatic rings. The molecule has 0 saturated carbocycles. The van der Waals surface area contributed by atoms with E-state index in [1.165, 1.54) is 167 Å². The fourth-order valence-electron chi connectivity index (χ4n) is 5.74. The molecular formula is C39H78NO2P. The molecule has 0 aromatic heterocycles. The molecule has 1 unspecified atom stereocenters. The van der Waals surface area contributed by atoms with Crippen LogP contribution in [-0.4, -0.2) is 50.2 Å². The molecule has 0 radical (unpaired) electrons. The topological polar surface area (TPSA) is 26.3 Å². The van der Waals surface area contributed by atoms with Crippen LogP contribution in [0.4, 0.5) is 0 Å².